The van der Waals surface area contributed by atoms with Gasteiger partial charge < -0.3 is 0 Å². The maximum Gasteiger partial charge on any atom is 0.236 e. The smallest absolute Gasteiger partial charge is 0.236 e. The predicted molar refractivity (Wildman–Crippen MR) is 85.8 cm³/mol. The monoisotopic (exact) mass is 468 g/mol. The van der Waals surface area contributed by atoms with Crippen LogP contribution in [0.5, 0.6) is 0 Å². The van der Waals surface area contributed by atoms with Gasteiger partial charge in [-0.1, -0.05) is 0 Å². The molecular weight excluding hydrogens is 468 g/mol. The number of nitrogens with zero attached hydrogens (tertiary/aromatic N) is 2. The minimum Gasteiger partial charge on any atom is -0.280 e. The number of halogens is 8. The molecule has 14 heteroatoms. The fourth-order valence-electron chi connectivity index (χ4n) is 1.98. The van der Waals surface area contributed by atoms with E-state index < -0.39 is 101 Å². The number of rotatable bonds is 2. The highest BCUT2D eigenvalue weighted by molar-refractivity contribution is 8.87. The van der Waals surface area contributed by atoms with Crippen LogP contribution in [0.15, 0.2) is 0 Å². The minimum atomic E-state index is -2.27. The molecule has 0 aliphatic carbocycles. The Hall–Kier alpha value is -3.10. The molecule has 30 heavy (non-hydrogen) atoms. The molecule has 154 valence electrons. The van der Waals surface area contributed by atoms with Gasteiger partial charge in [-0.25, -0.2) is 35.1 Å². The molecule has 2 aromatic carbocycles. The molecule has 0 aliphatic rings. The van der Waals surface area contributed by atoms with Gasteiger partial charge in [0.2, 0.25) is 10.2 Å². The van der Waals surface area contributed by atoms with Crippen LogP contribution in [0.4, 0.5) is 35.1 Å². The molecule has 0 saturated heterocycles. The van der Waals surface area contributed by atoms with Crippen LogP contribution in [0.3, 0.4) is 0 Å². The molecule has 0 atom stereocenters. The van der Waals surface area contributed by atoms with E-state index in [0.29, 0.717) is 0 Å². The Balaban J connectivity index is 2.39. The maximum absolute atomic E-state index is 13.8. The molecule has 0 aromatic heterocycles. The van der Waals surface area contributed by atoms with E-state index in [1.165, 1.54) is 0 Å². The van der Waals surface area contributed by atoms with Crippen molar-refractivity contribution in [1.29, 1.82) is 10.5 Å². The molecule has 0 amide bonds. The summed E-state index contributed by atoms with van der Waals surface area (Å²) < 4.78 is 109. The molecule has 4 nitrogen and oxygen atoms in total. The highest BCUT2D eigenvalue weighted by Crippen LogP contribution is 2.35. The molecule has 0 radical (unpaired) electrons. The van der Waals surface area contributed by atoms with E-state index in [2.05, 4.69) is 0 Å². The summed E-state index contributed by atoms with van der Waals surface area (Å²) >= 11 is 0. The lowest BCUT2D eigenvalue weighted by Crippen LogP contribution is -2.12. The largest absolute Gasteiger partial charge is 0.280 e. The van der Waals surface area contributed by atoms with Crippen molar-refractivity contribution in [3.63, 3.8) is 0 Å². The van der Waals surface area contributed by atoms with E-state index in [4.69, 9.17) is 10.5 Å². The summed E-state index contributed by atoms with van der Waals surface area (Å²) in [6.45, 7) is 0. The second-order valence-electron chi connectivity index (χ2n) is 4.98. The van der Waals surface area contributed by atoms with Gasteiger partial charge in [-0.05, 0) is 21.6 Å². The molecule has 0 saturated carbocycles. The molecule has 0 N–H and O–H groups in total. The highest BCUT2D eigenvalue weighted by atomic mass is 33.1. The maximum atomic E-state index is 13.8. The summed E-state index contributed by atoms with van der Waals surface area (Å²) in [5.74, 6) is -17.9. The topological polar surface area (TPSA) is 81.7 Å². The Morgan fingerprint density at radius 1 is 0.533 bits per heavy atom. The van der Waals surface area contributed by atoms with Crippen LogP contribution in [0.25, 0.3) is 0 Å². The lowest BCUT2D eigenvalue weighted by Gasteiger charge is -2.08. The van der Waals surface area contributed by atoms with E-state index >= 15 is 0 Å². The van der Waals surface area contributed by atoms with Crippen LogP contribution in [-0.4, -0.2) is 10.2 Å². The van der Waals surface area contributed by atoms with Crippen molar-refractivity contribution in [2.75, 3.05) is 0 Å². The molecule has 0 heterocycles. The number of carbonyl (C=O) groups excluding carboxylic acids is 2. The fourth-order valence-corrected chi connectivity index (χ4v) is 3.61. The number of hydrogen-bond acceptors (Lipinski definition) is 6. The molecule has 0 spiro atoms. The predicted octanol–water partition coefficient (Wildman–Crippen LogP) is 4.90. The summed E-state index contributed by atoms with van der Waals surface area (Å²) in [5, 5.41) is 13.2. The normalized spacial score (nSPS) is 10.5. The molecular formula is C16F8N2O2S2. The van der Waals surface area contributed by atoms with Gasteiger partial charge in [0.15, 0.2) is 46.5 Å². The number of carbonyl (C=O) groups is 2. The first-order valence-corrected chi connectivity index (χ1v) is 9.09. The number of nitriles is 2. The molecule has 2 rings (SSSR count). The Bertz CT molecular complexity index is 1050. The summed E-state index contributed by atoms with van der Waals surface area (Å²) in [5.41, 5.74) is -7.04. The van der Waals surface area contributed by atoms with Crippen molar-refractivity contribution in [3.8, 4) is 12.1 Å². The second kappa shape index (κ2) is 8.73. The highest BCUT2D eigenvalue weighted by Gasteiger charge is 2.33. The second-order valence-corrected chi connectivity index (χ2v) is 7.05. The van der Waals surface area contributed by atoms with Gasteiger partial charge >= 0.3 is 0 Å². The Morgan fingerprint density at radius 2 is 0.767 bits per heavy atom. The van der Waals surface area contributed by atoms with Crippen molar-refractivity contribution < 1.29 is 44.7 Å². The van der Waals surface area contributed by atoms with Crippen LogP contribution >= 0.6 is 21.6 Å². The van der Waals surface area contributed by atoms with E-state index in [-0.39, 0.29) is 0 Å². The first kappa shape index (κ1) is 23.2. The van der Waals surface area contributed by atoms with Crippen LogP contribution in [0.1, 0.15) is 31.8 Å². The third kappa shape index (κ3) is 3.71. The van der Waals surface area contributed by atoms with E-state index in [9.17, 15) is 44.7 Å². The number of hydrogen-bond donors (Lipinski definition) is 0. The molecule has 0 aliphatic heterocycles. The Kier molecular flexibility index (Phi) is 6.74. The van der Waals surface area contributed by atoms with Crippen LogP contribution in [-0.2, 0) is 0 Å². The molecule has 0 bridgehead atoms. The quantitative estimate of drug-likeness (QED) is 0.354. The van der Waals surface area contributed by atoms with Gasteiger partial charge in [-0.3, -0.25) is 9.59 Å². The standard InChI is InChI=1S/C16F8N2O2S2/c17-7-3(1-25)8(18)12(22)5(11(7)21)15(27)29-30-16(28)6-13(23)9(19)4(2-26)10(20)14(6)24. The van der Waals surface area contributed by atoms with Crippen LogP contribution < -0.4 is 0 Å². The van der Waals surface area contributed by atoms with Crippen molar-refractivity contribution in [2.45, 2.75) is 0 Å². The Morgan fingerprint density at radius 3 is 0.967 bits per heavy atom. The van der Waals surface area contributed by atoms with Crippen molar-refractivity contribution in [1.82, 2.24) is 0 Å². The van der Waals surface area contributed by atoms with Crippen LogP contribution in [0, 0.1) is 69.2 Å². The van der Waals surface area contributed by atoms with E-state index in [1.807, 2.05) is 0 Å². The van der Waals surface area contributed by atoms with Gasteiger partial charge in [-0.15, -0.1) is 0 Å². The molecule has 0 fully saturated rings. The van der Waals surface area contributed by atoms with Gasteiger partial charge in [-0.2, -0.15) is 10.5 Å². The third-order valence-electron chi connectivity index (χ3n) is 3.35. The SMILES string of the molecule is N#Cc1c(F)c(F)c(C(=O)SSC(=O)c2c(F)c(F)c(C#N)c(F)c2F)c(F)c1F. The lowest BCUT2D eigenvalue weighted by atomic mass is 10.1. The fraction of sp³-hybridized carbons (Fsp3) is 0. The molecule has 2 aromatic rings. The summed E-state index contributed by atoms with van der Waals surface area (Å²) in [7, 11) is -0.961. The Labute approximate surface area is 168 Å². The van der Waals surface area contributed by atoms with E-state index in [0.717, 1.165) is 12.1 Å². The summed E-state index contributed by atoms with van der Waals surface area (Å²) in [6, 6.07) is 1.66. The average molecular weight is 468 g/mol. The summed E-state index contributed by atoms with van der Waals surface area (Å²) in [4.78, 5) is 23.7. The number of benzene rings is 2. The van der Waals surface area contributed by atoms with Gasteiger partial charge in [0, 0.05) is 0 Å². The van der Waals surface area contributed by atoms with Crippen LogP contribution in [0.2, 0.25) is 0 Å². The minimum absolute atomic E-state index is 0.481. The summed E-state index contributed by atoms with van der Waals surface area (Å²) in [6.07, 6.45) is 0. The van der Waals surface area contributed by atoms with Gasteiger partial charge in [0.1, 0.15) is 34.4 Å². The third-order valence-corrected chi connectivity index (χ3v) is 5.30. The zero-order valence-electron chi connectivity index (χ0n) is 13.6. The van der Waals surface area contributed by atoms with Gasteiger partial charge in [0.25, 0.3) is 0 Å². The zero-order valence-corrected chi connectivity index (χ0v) is 15.2. The van der Waals surface area contributed by atoms with E-state index in [1.54, 1.807) is 0 Å². The molecule has 0 unspecified atom stereocenters. The van der Waals surface area contributed by atoms with Gasteiger partial charge in [0.05, 0.1) is 0 Å². The lowest BCUT2D eigenvalue weighted by molar-refractivity contribution is 0.106. The average Bonchev–Trinajstić information content (AvgIpc) is 2.70. The van der Waals surface area contributed by atoms with Crippen molar-refractivity contribution in [3.05, 3.63) is 68.8 Å². The first-order chi connectivity index (χ1) is 14.0. The van der Waals surface area contributed by atoms with Crippen molar-refractivity contribution in [2.24, 2.45) is 0 Å². The first-order valence-electron chi connectivity index (χ1n) is 6.94. The zero-order chi connectivity index (χ0) is 22.9. The van der Waals surface area contributed by atoms with Crippen molar-refractivity contribution >= 4 is 31.8 Å².